The van der Waals surface area contributed by atoms with Crippen molar-refractivity contribution in [2.24, 2.45) is 11.7 Å². The summed E-state index contributed by atoms with van der Waals surface area (Å²) in [5, 5.41) is 0. The number of rotatable bonds is 4. The molecule has 1 heterocycles. The minimum absolute atomic E-state index is 0.201. The predicted octanol–water partition coefficient (Wildman–Crippen LogP) is 2.64. The molecule has 0 bridgehead atoms. The van der Waals surface area contributed by atoms with Crippen molar-refractivity contribution in [1.29, 1.82) is 0 Å². The van der Waals surface area contributed by atoms with Gasteiger partial charge in [-0.15, -0.1) is 0 Å². The number of likely N-dealkylation sites (tertiary alicyclic amines) is 1. The smallest absolute Gasteiger partial charge is 0.118 e. The summed E-state index contributed by atoms with van der Waals surface area (Å²) in [6.07, 6.45) is 2.23. The Bertz CT molecular complexity index is 431. The van der Waals surface area contributed by atoms with E-state index in [0.717, 1.165) is 25.3 Å². The van der Waals surface area contributed by atoms with Crippen LogP contribution in [-0.2, 0) is 5.41 Å². The van der Waals surface area contributed by atoms with Crippen molar-refractivity contribution in [1.82, 2.24) is 4.90 Å². The lowest BCUT2D eigenvalue weighted by atomic mass is 9.63. The van der Waals surface area contributed by atoms with E-state index in [1.165, 1.54) is 12.0 Å². The van der Waals surface area contributed by atoms with Gasteiger partial charge in [-0.25, -0.2) is 0 Å². The molecule has 0 saturated carbocycles. The zero-order chi connectivity index (χ0) is 14.8. The first-order chi connectivity index (χ1) is 9.53. The molecule has 0 amide bonds. The highest BCUT2D eigenvalue weighted by molar-refractivity contribution is 5.34. The molecule has 1 aliphatic rings. The molecule has 1 aliphatic heterocycles. The molecule has 1 aromatic rings. The van der Waals surface area contributed by atoms with Crippen LogP contribution >= 0.6 is 0 Å². The Labute approximate surface area is 123 Å². The molecule has 20 heavy (non-hydrogen) atoms. The molecule has 3 nitrogen and oxygen atoms in total. The van der Waals surface area contributed by atoms with Crippen LogP contribution < -0.4 is 10.5 Å². The van der Waals surface area contributed by atoms with Gasteiger partial charge in [-0.2, -0.15) is 0 Å². The highest BCUT2D eigenvalue weighted by Crippen LogP contribution is 2.44. The number of methoxy groups -OCH3 is 1. The van der Waals surface area contributed by atoms with E-state index in [1.54, 1.807) is 7.11 Å². The van der Waals surface area contributed by atoms with E-state index in [1.807, 2.05) is 0 Å². The number of nitrogens with two attached hydrogens (primary N) is 1. The highest BCUT2D eigenvalue weighted by atomic mass is 16.5. The molecule has 0 unspecified atom stereocenters. The first-order valence-electron chi connectivity index (χ1n) is 7.58. The molecule has 112 valence electrons. The number of nitrogens with zero attached hydrogens (tertiary/aromatic N) is 1. The van der Waals surface area contributed by atoms with Crippen molar-refractivity contribution in [3.63, 3.8) is 0 Å². The maximum atomic E-state index is 5.94. The van der Waals surface area contributed by atoms with Crippen LogP contribution in [0.2, 0.25) is 0 Å². The van der Waals surface area contributed by atoms with Crippen LogP contribution in [0, 0.1) is 5.92 Å². The van der Waals surface area contributed by atoms with Crippen LogP contribution in [0.4, 0.5) is 0 Å². The van der Waals surface area contributed by atoms with Gasteiger partial charge in [-0.05, 0) is 57.0 Å². The Balaban J connectivity index is 2.37. The molecule has 3 heteroatoms. The molecule has 2 N–H and O–H groups in total. The van der Waals surface area contributed by atoms with Crippen molar-refractivity contribution < 1.29 is 4.74 Å². The monoisotopic (exact) mass is 276 g/mol. The van der Waals surface area contributed by atoms with E-state index in [0.29, 0.717) is 12.0 Å². The molecule has 3 atom stereocenters. The standard InChI is InChI=1S/C17H28N2O/c1-13-12-19(3)14(2)11-17(13,9-10-18)15-5-7-16(20-4)8-6-15/h5-8,13-14H,9-12,18H2,1-4H3/t13-,14-,17-/m0/s1. The first-order valence-corrected chi connectivity index (χ1v) is 7.58. The zero-order valence-electron chi connectivity index (χ0n) is 13.2. The Kier molecular flexibility index (Phi) is 4.71. The third-order valence-electron chi connectivity index (χ3n) is 5.17. The molecule has 1 fully saturated rings. The van der Waals surface area contributed by atoms with Gasteiger partial charge in [0.15, 0.2) is 0 Å². The third kappa shape index (κ3) is 2.70. The highest BCUT2D eigenvalue weighted by Gasteiger charge is 2.43. The lowest BCUT2D eigenvalue weighted by Crippen LogP contribution is -2.52. The fourth-order valence-corrected chi connectivity index (χ4v) is 3.75. The van der Waals surface area contributed by atoms with E-state index < -0.39 is 0 Å². The summed E-state index contributed by atoms with van der Waals surface area (Å²) in [6.45, 7) is 6.56. The second-order valence-electron chi connectivity index (χ2n) is 6.32. The van der Waals surface area contributed by atoms with E-state index in [9.17, 15) is 0 Å². The van der Waals surface area contributed by atoms with E-state index in [-0.39, 0.29) is 5.41 Å². The second-order valence-corrected chi connectivity index (χ2v) is 6.32. The van der Waals surface area contributed by atoms with Gasteiger partial charge < -0.3 is 15.4 Å². The van der Waals surface area contributed by atoms with Crippen LogP contribution in [0.1, 0.15) is 32.3 Å². The quantitative estimate of drug-likeness (QED) is 0.919. The fraction of sp³-hybridized carbons (Fsp3) is 0.647. The van der Waals surface area contributed by atoms with E-state index in [2.05, 4.69) is 50.1 Å². The topological polar surface area (TPSA) is 38.5 Å². The molecule has 1 saturated heterocycles. The van der Waals surface area contributed by atoms with Crippen molar-refractivity contribution in [2.75, 3.05) is 27.2 Å². The Morgan fingerprint density at radius 1 is 1.30 bits per heavy atom. The van der Waals surface area contributed by atoms with Gasteiger partial charge in [0, 0.05) is 18.0 Å². The lowest BCUT2D eigenvalue weighted by molar-refractivity contribution is 0.0703. The average molecular weight is 276 g/mol. The molecular weight excluding hydrogens is 248 g/mol. The largest absolute Gasteiger partial charge is 0.497 e. The first kappa shape index (κ1) is 15.3. The van der Waals surface area contributed by atoms with Crippen molar-refractivity contribution in [2.45, 2.75) is 38.1 Å². The molecule has 0 aliphatic carbocycles. The van der Waals surface area contributed by atoms with Crippen molar-refractivity contribution in [3.05, 3.63) is 29.8 Å². The van der Waals surface area contributed by atoms with E-state index in [4.69, 9.17) is 10.5 Å². The van der Waals surface area contributed by atoms with Crippen LogP contribution in [0.3, 0.4) is 0 Å². The third-order valence-corrected chi connectivity index (χ3v) is 5.17. The summed E-state index contributed by atoms with van der Waals surface area (Å²) in [6, 6.07) is 9.19. The molecule has 0 spiro atoms. The summed E-state index contributed by atoms with van der Waals surface area (Å²) in [5.74, 6) is 1.53. The summed E-state index contributed by atoms with van der Waals surface area (Å²) < 4.78 is 5.28. The van der Waals surface area contributed by atoms with Gasteiger partial charge in [-0.3, -0.25) is 0 Å². The fourth-order valence-electron chi connectivity index (χ4n) is 3.75. The summed E-state index contributed by atoms with van der Waals surface area (Å²) in [7, 11) is 3.94. The Morgan fingerprint density at radius 3 is 2.50 bits per heavy atom. The molecule has 2 rings (SSSR count). The summed E-state index contributed by atoms with van der Waals surface area (Å²) >= 11 is 0. The van der Waals surface area contributed by atoms with Gasteiger partial charge in [0.1, 0.15) is 5.75 Å². The maximum absolute atomic E-state index is 5.94. The van der Waals surface area contributed by atoms with Crippen LogP contribution in [0.5, 0.6) is 5.75 Å². The molecule has 0 aromatic heterocycles. The SMILES string of the molecule is COc1ccc([C@@]2(CCN)C[C@H](C)N(C)C[C@@H]2C)cc1. The minimum Gasteiger partial charge on any atom is -0.497 e. The lowest BCUT2D eigenvalue weighted by Gasteiger charge is -2.49. The second kappa shape index (κ2) is 6.15. The van der Waals surface area contributed by atoms with Gasteiger partial charge in [0.05, 0.1) is 7.11 Å². The summed E-state index contributed by atoms with van der Waals surface area (Å²) in [4.78, 5) is 2.46. The normalized spacial score (nSPS) is 31.2. The van der Waals surface area contributed by atoms with Gasteiger partial charge in [0.25, 0.3) is 0 Å². The number of benzene rings is 1. The maximum Gasteiger partial charge on any atom is 0.118 e. The minimum atomic E-state index is 0.201. The summed E-state index contributed by atoms with van der Waals surface area (Å²) in [5.41, 5.74) is 7.56. The van der Waals surface area contributed by atoms with Gasteiger partial charge >= 0.3 is 0 Å². The van der Waals surface area contributed by atoms with Gasteiger partial charge in [-0.1, -0.05) is 19.1 Å². The van der Waals surface area contributed by atoms with Crippen molar-refractivity contribution in [3.8, 4) is 5.75 Å². The number of ether oxygens (including phenoxy) is 1. The van der Waals surface area contributed by atoms with Gasteiger partial charge in [0.2, 0.25) is 0 Å². The van der Waals surface area contributed by atoms with Crippen LogP contribution in [-0.4, -0.2) is 38.2 Å². The van der Waals surface area contributed by atoms with Crippen LogP contribution in [0.25, 0.3) is 0 Å². The number of hydrogen-bond acceptors (Lipinski definition) is 3. The Morgan fingerprint density at radius 2 is 1.95 bits per heavy atom. The Hall–Kier alpha value is -1.06. The molecule has 1 aromatic carbocycles. The molecular formula is C17H28N2O. The number of piperidine rings is 1. The van der Waals surface area contributed by atoms with E-state index >= 15 is 0 Å². The van der Waals surface area contributed by atoms with Crippen molar-refractivity contribution >= 4 is 0 Å². The predicted molar refractivity (Wildman–Crippen MR) is 84.2 cm³/mol. The average Bonchev–Trinajstić information content (AvgIpc) is 2.45. The van der Waals surface area contributed by atoms with Crippen LogP contribution in [0.15, 0.2) is 24.3 Å². The zero-order valence-corrected chi connectivity index (χ0v) is 13.2. The number of hydrogen-bond donors (Lipinski definition) is 1. The molecule has 0 radical (unpaired) electrons.